The Labute approximate surface area is 174 Å². The first-order chi connectivity index (χ1) is 14.1. The van der Waals surface area contributed by atoms with Gasteiger partial charge in [0.05, 0.1) is 30.4 Å². The average Bonchev–Trinajstić information content (AvgIpc) is 3.31. The van der Waals surface area contributed by atoms with Crippen molar-refractivity contribution < 1.29 is 4.84 Å². The summed E-state index contributed by atoms with van der Waals surface area (Å²) >= 11 is 6.16. The Morgan fingerprint density at radius 1 is 1.24 bits per heavy atom. The van der Waals surface area contributed by atoms with E-state index in [1.165, 1.54) is 0 Å². The molecule has 0 radical (unpaired) electrons. The van der Waals surface area contributed by atoms with Crippen LogP contribution in [0.15, 0.2) is 61.4 Å². The molecule has 0 saturated carbocycles. The van der Waals surface area contributed by atoms with Crippen LogP contribution in [0.3, 0.4) is 0 Å². The van der Waals surface area contributed by atoms with Crippen molar-refractivity contribution in [2.45, 2.75) is 20.0 Å². The number of imidazole rings is 2. The lowest BCUT2D eigenvalue weighted by Gasteiger charge is -2.10. The number of aromatic nitrogens is 4. The van der Waals surface area contributed by atoms with Crippen LogP contribution < -0.4 is 5.48 Å². The van der Waals surface area contributed by atoms with Gasteiger partial charge in [0, 0.05) is 35.1 Å². The van der Waals surface area contributed by atoms with Gasteiger partial charge in [-0.2, -0.15) is 0 Å². The van der Waals surface area contributed by atoms with E-state index in [1.54, 1.807) is 13.3 Å². The first-order valence-electron chi connectivity index (χ1n) is 9.35. The zero-order valence-corrected chi connectivity index (χ0v) is 17.1. The molecule has 29 heavy (non-hydrogen) atoms. The maximum atomic E-state index is 6.16. The lowest BCUT2D eigenvalue weighted by atomic mass is 10.1. The maximum absolute atomic E-state index is 6.16. The number of nitrogens with one attached hydrogen (secondary N) is 1. The van der Waals surface area contributed by atoms with Gasteiger partial charge in [-0.1, -0.05) is 36.4 Å². The minimum absolute atomic E-state index is 0.608. The minimum atomic E-state index is 0.608. The van der Waals surface area contributed by atoms with Crippen LogP contribution in [0.5, 0.6) is 0 Å². The van der Waals surface area contributed by atoms with Crippen molar-refractivity contribution in [1.82, 2.24) is 24.6 Å². The van der Waals surface area contributed by atoms with Gasteiger partial charge in [-0.15, -0.1) is 0 Å². The zero-order chi connectivity index (χ0) is 20.4. The molecule has 7 heteroatoms. The molecule has 0 bridgehead atoms. The fraction of sp³-hybridized carbons (Fsp3) is 0.182. The molecule has 4 aromatic rings. The summed E-state index contributed by atoms with van der Waals surface area (Å²) in [5, 5.41) is 0.690. The van der Waals surface area contributed by atoms with Gasteiger partial charge in [-0.3, -0.25) is 10.3 Å². The number of fused-ring (bicyclic) bond motifs is 1. The van der Waals surface area contributed by atoms with E-state index >= 15 is 0 Å². The molecular formula is C22H22ClN5O. The molecular weight excluding hydrogens is 386 g/mol. The molecule has 0 atom stereocenters. The quantitative estimate of drug-likeness (QED) is 0.449. The summed E-state index contributed by atoms with van der Waals surface area (Å²) in [7, 11) is 1.57. The van der Waals surface area contributed by atoms with Crippen molar-refractivity contribution in [1.29, 1.82) is 0 Å². The van der Waals surface area contributed by atoms with Gasteiger partial charge >= 0.3 is 0 Å². The van der Waals surface area contributed by atoms with E-state index in [0.717, 1.165) is 40.4 Å². The van der Waals surface area contributed by atoms with Gasteiger partial charge in [0.15, 0.2) is 0 Å². The summed E-state index contributed by atoms with van der Waals surface area (Å²) in [6.07, 6.45) is 3.76. The highest BCUT2D eigenvalue weighted by Gasteiger charge is 2.14. The van der Waals surface area contributed by atoms with Crippen molar-refractivity contribution in [2.75, 3.05) is 7.11 Å². The Kier molecular flexibility index (Phi) is 5.38. The second-order valence-electron chi connectivity index (χ2n) is 6.65. The monoisotopic (exact) mass is 407 g/mol. The molecule has 6 nitrogen and oxygen atoms in total. The summed E-state index contributed by atoms with van der Waals surface area (Å²) in [5.74, 6) is 1.83. The van der Waals surface area contributed by atoms with E-state index in [9.17, 15) is 0 Å². The molecule has 0 fully saturated rings. The van der Waals surface area contributed by atoms with Crippen molar-refractivity contribution in [3.05, 3.63) is 77.8 Å². The summed E-state index contributed by atoms with van der Waals surface area (Å²) in [6, 6.07) is 13.8. The maximum Gasteiger partial charge on any atom is 0.140 e. The van der Waals surface area contributed by atoms with Gasteiger partial charge in [-0.05, 0) is 31.2 Å². The topological polar surface area (TPSA) is 56.9 Å². The number of halogens is 1. The van der Waals surface area contributed by atoms with Gasteiger partial charge in [-0.25, -0.2) is 9.97 Å². The van der Waals surface area contributed by atoms with E-state index in [0.29, 0.717) is 17.3 Å². The second-order valence-corrected chi connectivity index (χ2v) is 7.09. The third-order valence-corrected chi connectivity index (χ3v) is 5.06. The summed E-state index contributed by atoms with van der Waals surface area (Å²) in [6.45, 7) is 7.54. The van der Waals surface area contributed by atoms with Crippen LogP contribution in [0, 0.1) is 0 Å². The molecule has 0 spiro atoms. The second kappa shape index (κ2) is 8.11. The van der Waals surface area contributed by atoms with Crippen LogP contribution in [0.4, 0.5) is 0 Å². The molecule has 148 valence electrons. The number of hydrogen-bond acceptors (Lipinski definition) is 4. The van der Waals surface area contributed by atoms with Crippen LogP contribution >= 0.6 is 11.6 Å². The summed E-state index contributed by atoms with van der Waals surface area (Å²) in [5.41, 5.74) is 7.39. The first kappa shape index (κ1) is 19.2. The smallest absolute Gasteiger partial charge is 0.140 e. The van der Waals surface area contributed by atoms with Gasteiger partial charge < -0.3 is 9.13 Å². The fourth-order valence-electron chi connectivity index (χ4n) is 3.50. The van der Waals surface area contributed by atoms with E-state index in [2.05, 4.69) is 39.2 Å². The number of rotatable bonds is 7. The largest absolute Gasteiger partial charge is 0.327 e. The Morgan fingerprint density at radius 3 is 2.86 bits per heavy atom. The highest BCUT2D eigenvalue weighted by atomic mass is 35.5. The zero-order valence-electron chi connectivity index (χ0n) is 16.4. The molecule has 1 N–H and O–H groups in total. The molecule has 0 unspecified atom stereocenters. The molecule has 2 aromatic carbocycles. The lowest BCUT2D eigenvalue weighted by Crippen LogP contribution is -2.09. The highest BCUT2D eigenvalue weighted by Crippen LogP contribution is 2.24. The number of hydroxylamine groups is 1. The van der Waals surface area contributed by atoms with E-state index in [1.807, 2.05) is 42.6 Å². The number of benzene rings is 2. The molecule has 0 saturated heterocycles. The summed E-state index contributed by atoms with van der Waals surface area (Å²) in [4.78, 5) is 14.4. The van der Waals surface area contributed by atoms with Crippen LogP contribution in [-0.2, 0) is 17.9 Å². The number of hydrogen-bond donors (Lipinski definition) is 1. The Bertz CT molecular complexity index is 1180. The summed E-state index contributed by atoms with van der Waals surface area (Å²) < 4.78 is 4.30. The van der Waals surface area contributed by atoms with Crippen LogP contribution in [0.2, 0.25) is 5.02 Å². The predicted octanol–water partition coefficient (Wildman–Crippen LogP) is 4.74. The van der Waals surface area contributed by atoms with Crippen molar-refractivity contribution in [2.24, 2.45) is 0 Å². The molecule has 0 amide bonds. The normalized spacial score (nSPS) is 11.1. The average molecular weight is 408 g/mol. The molecule has 0 aliphatic heterocycles. The van der Waals surface area contributed by atoms with Crippen LogP contribution in [-0.4, -0.2) is 26.2 Å². The molecule has 2 heterocycles. The van der Waals surface area contributed by atoms with E-state index in [-0.39, 0.29) is 0 Å². The Hall–Kier alpha value is -3.09. The van der Waals surface area contributed by atoms with Gasteiger partial charge in [0.1, 0.15) is 11.6 Å². The van der Waals surface area contributed by atoms with Crippen LogP contribution in [0.1, 0.15) is 18.3 Å². The first-order valence-corrected chi connectivity index (χ1v) is 9.73. The molecule has 2 aromatic heterocycles. The van der Waals surface area contributed by atoms with Gasteiger partial charge in [0.2, 0.25) is 0 Å². The highest BCUT2D eigenvalue weighted by molar-refractivity contribution is 6.30. The standard InChI is InChI=1S/C22H22ClN5O/c1-4-28-20-9-8-16(15(2)26-29-3)13-19(20)25-21(28)14-27-11-10-24-22(27)17-6-5-7-18(23)12-17/h5-13,26H,2,4,14H2,1,3H3. The Balaban J connectivity index is 1.72. The fourth-order valence-corrected chi connectivity index (χ4v) is 3.69. The number of nitrogens with zero attached hydrogens (tertiary/aromatic N) is 4. The van der Waals surface area contributed by atoms with Crippen molar-refractivity contribution in [3.8, 4) is 11.4 Å². The number of aryl methyl sites for hydroxylation is 1. The lowest BCUT2D eigenvalue weighted by molar-refractivity contribution is 0.137. The SMILES string of the molecule is C=C(NOC)c1ccc2c(c1)nc(Cn1ccnc1-c1cccc(Cl)c1)n2CC. The molecule has 0 aliphatic rings. The minimum Gasteiger partial charge on any atom is -0.327 e. The van der Waals surface area contributed by atoms with E-state index in [4.69, 9.17) is 21.4 Å². The molecule has 0 aliphatic carbocycles. The van der Waals surface area contributed by atoms with Crippen LogP contribution in [0.25, 0.3) is 28.1 Å². The van der Waals surface area contributed by atoms with E-state index < -0.39 is 0 Å². The third kappa shape index (κ3) is 3.77. The molecule has 4 rings (SSSR count). The van der Waals surface area contributed by atoms with Gasteiger partial charge in [0.25, 0.3) is 0 Å². The van der Waals surface area contributed by atoms with Crippen molar-refractivity contribution in [3.63, 3.8) is 0 Å². The van der Waals surface area contributed by atoms with Crippen molar-refractivity contribution >= 4 is 28.3 Å². The third-order valence-electron chi connectivity index (χ3n) is 4.83. The Morgan fingerprint density at radius 2 is 2.10 bits per heavy atom. The predicted molar refractivity (Wildman–Crippen MR) is 116 cm³/mol.